The number of benzene rings is 2. The van der Waals surface area contributed by atoms with Gasteiger partial charge >= 0.3 is 0 Å². The van der Waals surface area contributed by atoms with E-state index in [0.717, 1.165) is 5.56 Å². The highest BCUT2D eigenvalue weighted by Crippen LogP contribution is 2.21. The molecular weight excluding hydrogens is 395 g/mol. The van der Waals surface area contributed by atoms with Crippen LogP contribution in [-0.4, -0.2) is 52.0 Å². The third-order valence-electron chi connectivity index (χ3n) is 5.74. The molecule has 2 aromatic carbocycles. The second-order valence-electron chi connectivity index (χ2n) is 8.32. The summed E-state index contributed by atoms with van der Waals surface area (Å²) in [5.74, 6) is 1.13. The lowest BCUT2D eigenvalue weighted by atomic mass is 10.0. The van der Waals surface area contributed by atoms with Crippen molar-refractivity contribution in [3.63, 3.8) is 0 Å². The average Bonchev–Trinajstić information content (AvgIpc) is 3.24. The van der Waals surface area contributed by atoms with E-state index < -0.39 is 0 Å². The average molecular weight is 423 g/mol. The first kappa shape index (κ1) is 21.2. The van der Waals surface area contributed by atoms with E-state index in [1.54, 1.807) is 24.0 Å². The molecule has 6 nitrogen and oxygen atoms in total. The fraction of sp³-hybridized carbons (Fsp3) is 0.375. The zero-order valence-corrected chi connectivity index (χ0v) is 18.1. The van der Waals surface area contributed by atoms with Gasteiger partial charge in [0.1, 0.15) is 5.82 Å². The van der Waals surface area contributed by atoms with E-state index in [-0.39, 0.29) is 11.7 Å². The van der Waals surface area contributed by atoms with E-state index in [1.807, 2.05) is 12.1 Å². The molecule has 7 heteroatoms. The summed E-state index contributed by atoms with van der Waals surface area (Å²) in [6, 6.07) is 12.9. The third kappa shape index (κ3) is 4.82. The number of carbonyl (C=O) groups excluding carboxylic acids is 1. The zero-order valence-electron chi connectivity index (χ0n) is 18.1. The normalized spacial score (nSPS) is 14.9. The van der Waals surface area contributed by atoms with Crippen LogP contribution in [0.2, 0.25) is 0 Å². The summed E-state index contributed by atoms with van der Waals surface area (Å²) in [7, 11) is 0. The van der Waals surface area contributed by atoms with E-state index in [1.165, 1.54) is 11.6 Å². The summed E-state index contributed by atoms with van der Waals surface area (Å²) in [6.45, 7) is 9.09. The number of aryl methyl sites for hydroxylation is 1. The minimum absolute atomic E-state index is 0.136. The number of nitrogens with zero attached hydrogens (tertiary/aromatic N) is 4. The molecule has 0 aliphatic carbocycles. The molecule has 0 N–H and O–H groups in total. The highest BCUT2D eigenvalue weighted by atomic mass is 19.1. The quantitative estimate of drug-likeness (QED) is 0.615. The molecule has 3 aromatic rings. The molecule has 0 spiro atoms. The molecule has 0 unspecified atom stereocenters. The minimum atomic E-state index is -0.351. The Kier molecular flexibility index (Phi) is 6.13. The molecule has 0 bridgehead atoms. The van der Waals surface area contributed by atoms with E-state index >= 15 is 0 Å². The van der Waals surface area contributed by atoms with Crippen LogP contribution in [0, 0.1) is 12.7 Å². The Hall–Kier alpha value is -3.06. The maximum Gasteiger partial charge on any atom is 0.254 e. The first-order valence-electron chi connectivity index (χ1n) is 10.6. The summed E-state index contributed by atoms with van der Waals surface area (Å²) in [5, 5.41) is 4.11. The first-order valence-corrected chi connectivity index (χ1v) is 10.6. The molecule has 1 aromatic heterocycles. The summed E-state index contributed by atoms with van der Waals surface area (Å²) in [4.78, 5) is 21.1. The van der Waals surface area contributed by atoms with Gasteiger partial charge in [0.15, 0.2) is 0 Å². The third-order valence-corrected chi connectivity index (χ3v) is 5.74. The smallest absolute Gasteiger partial charge is 0.254 e. The van der Waals surface area contributed by atoms with Crippen LogP contribution in [-0.2, 0) is 6.54 Å². The summed E-state index contributed by atoms with van der Waals surface area (Å²) < 4.78 is 19.2. The second-order valence-corrected chi connectivity index (χ2v) is 8.32. The monoisotopic (exact) mass is 422 g/mol. The first-order chi connectivity index (χ1) is 14.9. The van der Waals surface area contributed by atoms with Crippen molar-refractivity contribution in [2.45, 2.75) is 33.2 Å². The highest BCUT2D eigenvalue weighted by Gasteiger charge is 2.24. The number of amides is 1. The Balaban J connectivity index is 1.33. The Labute approximate surface area is 181 Å². The lowest BCUT2D eigenvalue weighted by Gasteiger charge is -2.34. The van der Waals surface area contributed by atoms with Gasteiger partial charge in [-0.25, -0.2) is 4.39 Å². The fourth-order valence-electron chi connectivity index (χ4n) is 3.66. The van der Waals surface area contributed by atoms with Gasteiger partial charge in [0.25, 0.3) is 5.91 Å². The molecule has 0 saturated carbocycles. The molecule has 1 saturated heterocycles. The highest BCUT2D eigenvalue weighted by molar-refractivity contribution is 5.94. The zero-order chi connectivity index (χ0) is 22.0. The molecular formula is C24H27FN4O2. The topological polar surface area (TPSA) is 62.5 Å². The molecule has 0 atom stereocenters. The van der Waals surface area contributed by atoms with Crippen LogP contribution in [0.15, 0.2) is 47.0 Å². The number of rotatable bonds is 5. The molecule has 0 radical (unpaired) electrons. The second kappa shape index (κ2) is 8.98. The van der Waals surface area contributed by atoms with Crippen LogP contribution in [0.5, 0.6) is 0 Å². The standard InChI is InChI=1S/C24H27FN4O2/c1-16(2)18-6-8-19(9-7-18)23-26-22(31-27-23)15-28-10-12-29(13-11-28)24(30)20-5-4-17(3)21(25)14-20/h4-9,14,16H,10-13,15H2,1-3H3. The van der Waals surface area contributed by atoms with Gasteiger partial charge in [0, 0.05) is 37.3 Å². The molecule has 31 heavy (non-hydrogen) atoms. The Bertz CT molecular complexity index is 1050. The van der Waals surface area contributed by atoms with Gasteiger partial charge in [0.2, 0.25) is 11.7 Å². The van der Waals surface area contributed by atoms with Crippen molar-refractivity contribution in [3.8, 4) is 11.4 Å². The summed E-state index contributed by atoms with van der Waals surface area (Å²) >= 11 is 0. The molecule has 1 fully saturated rings. The maximum absolute atomic E-state index is 13.8. The van der Waals surface area contributed by atoms with Gasteiger partial charge < -0.3 is 9.42 Å². The molecule has 162 valence electrons. The fourth-order valence-corrected chi connectivity index (χ4v) is 3.66. The number of piperazine rings is 1. The van der Waals surface area contributed by atoms with Crippen LogP contribution in [0.25, 0.3) is 11.4 Å². The van der Waals surface area contributed by atoms with Crippen LogP contribution in [0.3, 0.4) is 0 Å². The Morgan fingerprint density at radius 3 is 2.45 bits per heavy atom. The van der Waals surface area contributed by atoms with Gasteiger partial charge in [-0.3, -0.25) is 9.69 Å². The van der Waals surface area contributed by atoms with Crippen LogP contribution >= 0.6 is 0 Å². The van der Waals surface area contributed by atoms with Gasteiger partial charge in [0.05, 0.1) is 6.54 Å². The number of halogens is 1. The molecule has 4 rings (SSSR count). The lowest BCUT2D eigenvalue weighted by molar-refractivity contribution is 0.0614. The predicted octanol–water partition coefficient (Wildman–Crippen LogP) is 4.27. The van der Waals surface area contributed by atoms with E-state index in [0.29, 0.717) is 61.5 Å². The van der Waals surface area contributed by atoms with Gasteiger partial charge in [-0.1, -0.05) is 49.3 Å². The summed E-state index contributed by atoms with van der Waals surface area (Å²) in [5.41, 5.74) is 3.13. The molecule has 1 aliphatic rings. The largest absolute Gasteiger partial charge is 0.338 e. The van der Waals surface area contributed by atoms with Crippen molar-refractivity contribution in [2.24, 2.45) is 0 Å². The lowest BCUT2D eigenvalue weighted by Crippen LogP contribution is -2.48. The van der Waals surface area contributed by atoms with Crippen LogP contribution in [0.1, 0.15) is 47.1 Å². The van der Waals surface area contributed by atoms with Gasteiger partial charge in [-0.15, -0.1) is 0 Å². The van der Waals surface area contributed by atoms with Crippen molar-refractivity contribution in [3.05, 3.63) is 70.9 Å². The van der Waals surface area contributed by atoms with Crippen LogP contribution < -0.4 is 0 Å². The van der Waals surface area contributed by atoms with Crippen molar-refractivity contribution >= 4 is 5.91 Å². The van der Waals surface area contributed by atoms with Gasteiger partial charge in [-0.05, 0) is 36.1 Å². The maximum atomic E-state index is 13.8. The van der Waals surface area contributed by atoms with Crippen LogP contribution in [0.4, 0.5) is 4.39 Å². The van der Waals surface area contributed by atoms with E-state index in [9.17, 15) is 9.18 Å². The Morgan fingerprint density at radius 1 is 1.10 bits per heavy atom. The van der Waals surface area contributed by atoms with Crippen molar-refractivity contribution in [2.75, 3.05) is 26.2 Å². The minimum Gasteiger partial charge on any atom is -0.338 e. The van der Waals surface area contributed by atoms with Crippen molar-refractivity contribution in [1.29, 1.82) is 0 Å². The number of carbonyl (C=O) groups is 1. The predicted molar refractivity (Wildman–Crippen MR) is 116 cm³/mol. The van der Waals surface area contributed by atoms with Crippen molar-refractivity contribution < 1.29 is 13.7 Å². The van der Waals surface area contributed by atoms with Crippen molar-refractivity contribution in [1.82, 2.24) is 19.9 Å². The molecule has 1 aliphatic heterocycles. The van der Waals surface area contributed by atoms with E-state index in [2.05, 4.69) is 41.0 Å². The number of hydrogen-bond acceptors (Lipinski definition) is 5. The SMILES string of the molecule is Cc1ccc(C(=O)N2CCN(Cc3nc(-c4ccc(C(C)C)cc4)no3)CC2)cc1F. The summed E-state index contributed by atoms with van der Waals surface area (Å²) in [6.07, 6.45) is 0. The Morgan fingerprint density at radius 2 is 1.81 bits per heavy atom. The number of aromatic nitrogens is 2. The molecule has 1 amide bonds. The molecule has 2 heterocycles. The van der Waals surface area contributed by atoms with E-state index in [4.69, 9.17) is 4.52 Å². The number of hydrogen-bond donors (Lipinski definition) is 0. The van der Waals surface area contributed by atoms with Gasteiger partial charge in [-0.2, -0.15) is 4.98 Å².